The zero-order chi connectivity index (χ0) is 23.7. The zero-order valence-electron chi connectivity index (χ0n) is 18.9. The molecule has 0 fully saturated rings. The second kappa shape index (κ2) is 11.8. The predicted molar refractivity (Wildman–Crippen MR) is 124 cm³/mol. The molecule has 0 amide bonds. The van der Waals surface area contributed by atoms with E-state index in [2.05, 4.69) is 16.6 Å². The summed E-state index contributed by atoms with van der Waals surface area (Å²) in [6.45, 7) is 7.19. The van der Waals surface area contributed by atoms with Crippen molar-refractivity contribution in [1.29, 1.82) is 0 Å². The van der Waals surface area contributed by atoms with E-state index < -0.39 is 34.1 Å². The van der Waals surface area contributed by atoms with Crippen molar-refractivity contribution in [3.63, 3.8) is 0 Å². The number of sulfonamides is 1. The fourth-order valence-electron chi connectivity index (χ4n) is 2.97. The van der Waals surface area contributed by atoms with Crippen LogP contribution in [0.2, 0.25) is 0 Å². The van der Waals surface area contributed by atoms with Gasteiger partial charge in [0.2, 0.25) is 10.0 Å². The lowest BCUT2D eigenvalue weighted by molar-refractivity contribution is -0.151. The lowest BCUT2D eigenvalue weighted by Gasteiger charge is -2.22. The molecule has 0 saturated carbocycles. The normalized spacial score (nSPS) is 14.2. The van der Waals surface area contributed by atoms with E-state index in [9.17, 15) is 18.3 Å². The standard InChI is InChI=1S/C25H31NO5S/c1-18(2)16-22(26-32(29,30)23-13-10-19(3)11-14-23)17-31-25(28)20(4)24(27)15-12-21-8-6-5-7-9-21/h5-11,13-14,18,20,22,24,26-27H,16-17H2,1-4H3/t20-,22-,24-/m0/s1. The van der Waals surface area contributed by atoms with Crippen LogP contribution in [0.3, 0.4) is 0 Å². The second-order valence-corrected chi connectivity index (χ2v) is 9.97. The molecule has 0 heterocycles. The van der Waals surface area contributed by atoms with E-state index in [-0.39, 0.29) is 17.4 Å². The molecule has 172 valence electrons. The van der Waals surface area contributed by atoms with Gasteiger partial charge in [0.15, 0.2) is 0 Å². The van der Waals surface area contributed by atoms with Gasteiger partial charge in [-0.1, -0.05) is 61.6 Å². The first-order valence-electron chi connectivity index (χ1n) is 10.6. The number of aryl methyl sites for hydroxylation is 1. The molecule has 0 aliphatic carbocycles. The molecule has 0 aromatic heterocycles. The van der Waals surface area contributed by atoms with Gasteiger partial charge in [-0.3, -0.25) is 4.79 Å². The number of aliphatic hydroxyl groups excluding tert-OH is 1. The monoisotopic (exact) mass is 457 g/mol. The van der Waals surface area contributed by atoms with Crippen LogP contribution in [-0.2, 0) is 19.6 Å². The molecule has 2 aromatic rings. The van der Waals surface area contributed by atoms with Crippen LogP contribution in [0.15, 0.2) is 59.5 Å². The number of aliphatic hydroxyl groups is 1. The fraction of sp³-hybridized carbons (Fsp3) is 0.400. The third kappa shape index (κ3) is 8.12. The number of esters is 1. The van der Waals surface area contributed by atoms with Gasteiger partial charge in [0.05, 0.1) is 16.9 Å². The van der Waals surface area contributed by atoms with E-state index in [4.69, 9.17) is 4.74 Å². The highest BCUT2D eigenvalue weighted by Crippen LogP contribution is 2.14. The smallest absolute Gasteiger partial charge is 0.312 e. The molecule has 6 nitrogen and oxygen atoms in total. The maximum atomic E-state index is 12.7. The van der Waals surface area contributed by atoms with Gasteiger partial charge >= 0.3 is 5.97 Å². The number of hydrogen-bond donors (Lipinski definition) is 2. The van der Waals surface area contributed by atoms with Crippen LogP contribution < -0.4 is 4.72 Å². The van der Waals surface area contributed by atoms with Crippen LogP contribution in [0.1, 0.15) is 38.3 Å². The number of carbonyl (C=O) groups is 1. The molecular weight excluding hydrogens is 426 g/mol. The SMILES string of the molecule is Cc1ccc(S(=O)(=O)N[C@H](COC(=O)[C@@H](C)[C@@H](O)C#Cc2ccccc2)CC(C)C)cc1. The van der Waals surface area contributed by atoms with Crippen molar-refractivity contribution >= 4 is 16.0 Å². The zero-order valence-corrected chi connectivity index (χ0v) is 19.7. The average molecular weight is 458 g/mol. The van der Waals surface area contributed by atoms with Crippen molar-refractivity contribution in [2.24, 2.45) is 11.8 Å². The van der Waals surface area contributed by atoms with Gasteiger partial charge in [0, 0.05) is 5.56 Å². The van der Waals surface area contributed by atoms with E-state index in [1.54, 1.807) is 36.4 Å². The molecule has 7 heteroatoms. The summed E-state index contributed by atoms with van der Waals surface area (Å²) in [6, 6.07) is 15.1. The Morgan fingerprint density at radius 2 is 1.69 bits per heavy atom. The molecule has 32 heavy (non-hydrogen) atoms. The van der Waals surface area contributed by atoms with Crippen molar-refractivity contribution in [3.8, 4) is 11.8 Å². The van der Waals surface area contributed by atoms with Crippen molar-refractivity contribution in [1.82, 2.24) is 4.72 Å². The maximum Gasteiger partial charge on any atom is 0.312 e. The van der Waals surface area contributed by atoms with Crippen LogP contribution in [-0.4, -0.2) is 38.2 Å². The van der Waals surface area contributed by atoms with Crippen LogP contribution in [0, 0.1) is 30.6 Å². The Morgan fingerprint density at radius 3 is 2.28 bits per heavy atom. The molecule has 0 spiro atoms. The fourth-order valence-corrected chi connectivity index (χ4v) is 4.20. The van der Waals surface area contributed by atoms with Crippen molar-refractivity contribution in [2.45, 2.75) is 51.2 Å². The highest BCUT2D eigenvalue weighted by atomic mass is 32.2. The molecule has 0 unspecified atom stereocenters. The molecule has 0 aliphatic rings. The summed E-state index contributed by atoms with van der Waals surface area (Å²) in [5.74, 6) is 4.15. The molecule has 0 saturated heterocycles. The highest BCUT2D eigenvalue weighted by Gasteiger charge is 2.26. The minimum absolute atomic E-state index is 0.134. The minimum atomic E-state index is -3.76. The van der Waals surface area contributed by atoms with E-state index in [0.717, 1.165) is 11.1 Å². The maximum absolute atomic E-state index is 12.7. The Hall–Kier alpha value is -2.66. The Bertz CT molecular complexity index is 1040. The van der Waals surface area contributed by atoms with Gasteiger partial charge in [-0.15, -0.1) is 0 Å². The third-order valence-electron chi connectivity index (χ3n) is 4.82. The summed E-state index contributed by atoms with van der Waals surface area (Å²) in [4.78, 5) is 12.6. The third-order valence-corrected chi connectivity index (χ3v) is 6.36. The average Bonchev–Trinajstić information content (AvgIpc) is 2.75. The Morgan fingerprint density at radius 1 is 1.06 bits per heavy atom. The highest BCUT2D eigenvalue weighted by molar-refractivity contribution is 7.89. The van der Waals surface area contributed by atoms with Gasteiger partial charge in [0.1, 0.15) is 12.7 Å². The number of benzene rings is 2. The molecule has 0 bridgehead atoms. The molecular formula is C25H31NO5S. The second-order valence-electron chi connectivity index (χ2n) is 8.26. The van der Waals surface area contributed by atoms with Crippen molar-refractivity contribution in [3.05, 3.63) is 65.7 Å². The van der Waals surface area contributed by atoms with E-state index in [1.165, 1.54) is 6.92 Å². The largest absolute Gasteiger partial charge is 0.464 e. The quantitative estimate of drug-likeness (QED) is 0.445. The molecule has 0 radical (unpaired) electrons. The van der Waals surface area contributed by atoms with E-state index in [0.29, 0.717) is 6.42 Å². The van der Waals surface area contributed by atoms with Crippen LogP contribution >= 0.6 is 0 Å². The summed E-state index contributed by atoms with van der Waals surface area (Å²) < 4.78 is 33.4. The summed E-state index contributed by atoms with van der Waals surface area (Å²) in [5.41, 5.74) is 1.69. The lowest BCUT2D eigenvalue weighted by Crippen LogP contribution is -2.40. The minimum Gasteiger partial charge on any atom is -0.464 e. The van der Waals surface area contributed by atoms with Crippen LogP contribution in [0.4, 0.5) is 0 Å². The first-order chi connectivity index (χ1) is 15.1. The van der Waals surface area contributed by atoms with Gasteiger partial charge in [-0.05, 0) is 50.5 Å². The Labute approximate surface area is 191 Å². The Kier molecular flexibility index (Phi) is 9.45. The molecule has 0 aliphatic heterocycles. The number of ether oxygens (including phenoxy) is 1. The molecule has 2 N–H and O–H groups in total. The summed E-state index contributed by atoms with van der Waals surface area (Å²) in [5, 5.41) is 10.2. The van der Waals surface area contributed by atoms with Crippen molar-refractivity contribution < 1.29 is 23.1 Å². The van der Waals surface area contributed by atoms with Gasteiger partial charge in [-0.2, -0.15) is 0 Å². The van der Waals surface area contributed by atoms with Gasteiger partial charge < -0.3 is 9.84 Å². The number of hydrogen-bond acceptors (Lipinski definition) is 5. The summed E-state index contributed by atoms with van der Waals surface area (Å²) in [7, 11) is -3.76. The number of nitrogens with one attached hydrogen (secondary N) is 1. The molecule has 3 atom stereocenters. The molecule has 2 aromatic carbocycles. The van der Waals surface area contributed by atoms with Gasteiger partial charge in [-0.25, -0.2) is 13.1 Å². The number of carbonyl (C=O) groups excluding carboxylic acids is 1. The van der Waals surface area contributed by atoms with Gasteiger partial charge in [0.25, 0.3) is 0 Å². The van der Waals surface area contributed by atoms with E-state index >= 15 is 0 Å². The topological polar surface area (TPSA) is 92.7 Å². The van der Waals surface area contributed by atoms with Crippen LogP contribution in [0.25, 0.3) is 0 Å². The summed E-state index contributed by atoms with van der Waals surface area (Å²) in [6.07, 6.45) is -0.709. The Balaban J connectivity index is 2.00. The number of rotatable bonds is 9. The molecule has 2 rings (SSSR count). The first-order valence-corrected chi connectivity index (χ1v) is 12.1. The van der Waals surface area contributed by atoms with E-state index in [1.807, 2.05) is 39.0 Å². The predicted octanol–water partition coefficient (Wildman–Crippen LogP) is 3.28. The lowest BCUT2D eigenvalue weighted by atomic mass is 10.0. The summed E-state index contributed by atoms with van der Waals surface area (Å²) >= 11 is 0. The van der Waals surface area contributed by atoms with Crippen molar-refractivity contribution in [2.75, 3.05) is 6.61 Å². The van der Waals surface area contributed by atoms with Crippen LogP contribution in [0.5, 0.6) is 0 Å². The first kappa shape index (κ1) is 25.6.